The highest BCUT2D eigenvalue weighted by atomic mass is 127. The third-order valence-electron chi connectivity index (χ3n) is 5.03. The SMILES string of the molecule is CN=C(NCCc1c[nH]c2cc(F)ccc12)NCC(=O)NC1CCCCC1.I. The topological polar surface area (TPSA) is 81.3 Å². The number of carbonyl (C=O) groups excluding carboxylic acids is 1. The number of aliphatic imine (C=N–C) groups is 1. The summed E-state index contributed by atoms with van der Waals surface area (Å²) in [4.78, 5) is 19.3. The van der Waals surface area contributed by atoms with Crippen molar-refractivity contribution in [3.8, 4) is 0 Å². The molecule has 0 aliphatic heterocycles. The highest BCUT2D eigenvalue weighted by Gasteiger charge is 2.15. The number of H-pyrrole nitrogens is 1. The lowest BCUT2D eigenvalue weighted by Crippen LogP contribution is -2.46. The molecular weight excluding hydrogens is 472 g/mol. The Kier molecular flexibility index (Phi) is 9.01. The first-order valence-corrected chi connectivity index (χ1v) is 9.65. The van der Waals surface area contributed by atoms with Crippen LogP contribution >= 0.6 is 24.0 Å². The largest absolute Gasteiger partial charge is 0.361 e. The Morgan fingerprint density at radius 2 is 2.04 bits per heavy atom. The average molecular weight is 501 g/mol. The number of hydrogen-bond donors (Lipinski definition) is 4. The summed E-state index contributed by atoms with van der Waals surface area (Å²) in [5.74, 6) is 0.355. The summed E-state index contributed by atoms with van der Waals surface area (Å²) >= 11 is 0. The number of guanidine groups is 1. The quantitative estimate of drug-likeness (QED) is 0.279. The molecule has 154 valence electrons. The van der Waals surface area contributed by atoms with E-state index in [4.69, 9.17) is 0 Å². The number of nitrogens with zero attached hydrogens (tertiary/aromatic N) is 1. The molecule has 1 heterocycles. The fourth-order valence-electron chi connectivity index (χ4n) is 3.59. The Balaban J connectivity index is 0.00000280. The Morgan fingerprint density at radius 3 is 2.79 bits per heavy atom. The second-order valence-electron chi connectivity index (χ2n) is 7.01. The van der Waals surface area contributed by atoms with Gasteiger partial charge in [0, 0.05) is 36.7 Å². The Morgan fingerprint density at radius 1 is 1.25 bits per heavy atom. The van der Waals surface area contributed by atoms with Gasteiger partial charge < -0.3 is 20.9 Å². The van der Waals surface area contributed by atoms with Gasteiger partial charge in [-0.25, -0.2) is 4.39 Å². The molecule has 1 aliphatic rings. The number of aromatic amines is 1. The van der Waals surface area contributed by atoms with E-state index in [1.165, 1.54) is 31.4 Å². The summed E-state index contributed by atoms with van der Waals surface area (Å²) in [6.07, 6.45) is 8.48. The number of aromatic nitrogens is 1. The molecule has 0 bridgehead atoms. The first-order chi connectivity index (χ1) is 13.2. The minimum Gasteiger partial charge on any atom is -0.361 e. The van der Waals surface area contributed by atoms with Gasteiger partial charge in [0.05, 0.1) is 6.54 Å². The van der Waals surface area contributed by atoms with Crippen LogP contribution in [0.1, 0.15) is 37.7 Å². The summed E-state index contributed by atoms with van der Waals surface area (Å²) in [6.45, 7) is 0.872. The molecule has 4 N–H and O–H groups in total. The van der Waals surface area contributed by atoms with Gasteiger partial charge in [0.2, 0.25) is 5.91 Å². The van der Waals surface area contributed by atoms with Gasteiger partial charge in [-0.2, -0.15) is 0 Å². The van der Waals surface area contributed by atoms with Gasteiger partial charge in [-0.05, 0) is 43.0 Å². The van der Waals surface area contributed by atoms with Crippen LogP contribution in [0.5, 0.6) is 0 Å². The van der Waals surface area contributed by atoms with Crippen molar-refractivity contribution < 1.29 is 9.18 Å². The van der Waals surface area contributed by atoms with Gasteiger partial charge >= 0.3 is 0 Å². The zero-order chi connectivity index (χ0) is 19.1. The predicted molar refractivity (Wildman–Crippen MR) is 122 cm³/mol. The molecule has 8 heteroatoms. The molecular formula is C20H29FIN5O. The van der Waals surface area contributed by atoms with E-state index >= 15 is 0 Å². The van der Waals surface area contributed by atoms with Crippen molar-refractivity contribution in [1.29, 1.82) is 0 Å². The molecule has 0 atom stereocenters. The molecule has 1 aliphatic carbocycles. The lowest BCUT2D eigenvalue weighted by Gasteiger charge is -2.23. The number of hydrogen-bond acceptors (Lipinski definition) is 2. The van der Waals surface area contributed by atoms with Gasteiger partial charge in [-0.3, -0.25) is 9.79 Å². The van der Waals surface area contributed by atoms with Crippen molar-refractivity contribution >= 4 is 46.7 Å². The van der Waals surface area contributed by atoms with Gasteiger partial charge in [0.1, 0.15) is 5.82 Å². The first-order valence-electron chi connectivity index (χ1n) is 9.65. The number of halogens is 2. The van der Waals surface area contributed by atoms with Crippen molar-refractivity contribution in [2.24, 2.45) is 4.99 Å². The van der Waals surface area contributed by atoms with Crippen molar-refractivity contribution in [3.63, 3.8) is 0 Å². The molecule has 0 radical (unpaired) electrons. The molecule has 1 fully saturated rings. The van der Waals surface area contributed by atoms with E-state index in [2.05, 4.69) is 25.9 Å². The lowest BCUT2D eigenvalue weighted by molar-refractivity contribution is -0.120. The Labute approximate surface area is 182 Å². The van der Waals surface area contributed by atoms with Crippen LogP contribution in [0.25, 0.3) is 10.9 Å². The van der Waals surface area contributed by atoms with Gasteiger partial charge in [-0.1, -0.05) is 19.3 Å². The minimum absolute atomic E-state index is 0. The molecule has 1 aromatic carbocycles. The summed E-state index contributed by atoms with van der Waals surface area (Å²) in [6, 6.07) is 5.07. The molecule has 1 saturated carbocycles. The first kappa shape index (κ1) is 22.4. The molecule has 3 rings (SSSR count). The maximum absolute atomic E-state index is 13.3. The summed E-state index contributed by atoms with van der Waals surface area (Å²) in [5, 5.41) is 10.4. The molecule has 0 spiro atoms. The van der Waals surface area contributed by atoms with E-state index in [0.717, 1.165) is 35.7 Å². The molecule has 0 unspecified atom stereocenters. The fraction of sp³-hybridized carbons (Fsp3) is 0.500. The minimum atomic E-state index is -0.245. The maximum atomic E-state index is 13.3. The number of amides is 1. The average Bonchev–Trinajstić information content (AvgIpc) is 3.07. The third kappa shape index (κ3) is 6.35. The standard InChI is InChI=1S/C20H28FN5O.HI/c1-22-20(25-13-19(27)26-16-5-3-2-4-6-16)23-10-9-14-12-24-18-11-15(21)7-8-17(14)18;/h7-8,11-12,16,24H,2-6,9-10,13H2,1H3,(H,26,27)(H2,22,23,25);1H. The van der Waals surface area contributed by atoms with Crippen LogP contribution in [0.4, 0.5) is 4.39 Å². The second kappa shape index (κ2) is 11.2. The second-order valence-corrected chi connectivity index (χ2v) is 7.01. The highest BCUT2D eigenvalue weighted by molar-refractivity contribution is 14.0. The van der Waals surface area contributed by atoms with E-state index in [1.807, 2.05) is 6.20 Å². The van der Waals surface area contributed by atoms with Crippen molar-refractivity contribution in [3.05, 3.63) is 35.8 Å². The van der Waals surface area contributed by atoms with Crippen LogP contribution in [-0.2, 0) is 11.2 Å². The summed E-state index contributed by atoms with van der Waals surface area (Å²) < 4.78 is 13.3. The smallest absolute Gasteiger partial charge is 0.239 e. The number of carbonyl (C=O) groups is 1. The molecule has 1 aromatic heterocycles. The van der Waals surface area contributed by atoms with Crippen LogP contribution in [0, 0.1) is 5.82 Å². The monoisotopic (exact) mass is 501 g/mol. The van der Waals surface area contributed by atoms with Crippen LogP contribution < -0.4 is 16.0 Å². The molecule has 0 saturated heterocycles. The van der Waals surface area contributed by atoms with Crippen LogP contribution in [0.2, 0.25) is 0 Å². The van der Waals surface area contributed by atoms with Crippen LogP contribution in [0.15, 0.2) is 29.4 Å². The van der Waals surface area contributed by atoms with E-state index in [0.29, 0.717) is 18.5 Å². The highest BCUT2D eigenvalue weighted by Crippen LogP contribution is 2.19. The number of nitrogens with one attached hydrogen (secondary N) is 4. The normalized spacial score (nSPS) is 15.1. The zero-order valence-corrected chi connectivity index (χ0v) is 18.5. The Hall–Kier alpha value is -1.84. The Bertz CT molecular complexity index is 801. The third-order valence-corrected chi connectivity index (χ3v) is 5.03. The predicted octanol–water partition coefficient (Wildman–Crippen LogP) is 3.08. The number of fused-ring (bicyclic) bond motifs is 1. The van der Waals surface area contributed by atoms with Crippen molar-refractivity contribution in [1.82, 2.24) is 20.9 Å². The van der Waals surface area contributed by atoms with E-state index < -0.39 is 0 Å². The van der Waals surface area contributed by atoms with Crippen LogP contribution in [-0.4, -0.2) is 43.0 Å². The van der Waals surface area contributed by atoms with E-state index in [9.17, 15) is 9.18 Å². The number of benzene rings is 1. The number of rotatable bonds is 6. The van der Waals surface area contributed by atoms with Gasteiger partial charge in [-0.15, -0.1) is 24.0 Å². The van der Waals surface area contributed by atoms with Gasteiger partial charge in [0.15, 0.2) is 5.96 Å². The fourth-order valence-corrected chi connectivity index (χ4v) is 3.59. The summed E-state index contributed by atoms with van der Waals surface area (Å²) in [5.41, 5.74) is 1.91. The molecule has 6 nitrogen and oxygen atoms in total. The van der Waals surface area contributed by atoms with Crippen molar-refractivity contribution in [2.75, 3.05) is 20.1 Å². The van der Waals surface area contributed by atoms with Gasteiger partial charge in [0.25, 0.3) is 0 Å². The molecule has 2 aromatic rings. The zero-order valence-electron chi connectivity index (χ0n) is 16.2. The lowest BCUT2D eigenvalue weighted by atomic mass is 9.95. The van der Waals surface area contributed by atoms with Crippen LogP contribution in [0.3, 0.4) is 0 Å². The summed E-state index contributed by atoms with van der Waals surface area (Å²) in [7, 11) is 1.68. The maximum Gasteiger partial charge on any atom is 0.239 e. The molecule has 1 amide bonds. The van der Waals surface area contributed by atoms with Crippen molar-refractivity contribution in [2.45, 2.75) is 44.6 Å². The van der Waals surface area contributed by atoms with E-state index in [-0.39, 0.29) is 42.2 Å². The molecule has 28 heavy (non-hydrogen) atoms. The van der Waals surface area contributed by atoms with E-state index in [1.54, 1.807) is 13.1 Å².